The lowest BCUT2D eigenvalue weighted by Gasteiger charge is -2.07. The molecule has 0 aliphatic rings. The van der Waals surface area contributed by atoms with Crippen LogP contribution in [0.4, 0.5) is 0 Å². The number of aromatic nitrogens is 2. The van der Waals surface area contributed by atoms with Gasteiger partial charge in [-0.05, 0) is 31.4 Å². The van der Waals surface area contributed by atoms with Crippen LogP contribution in [0.15, 0.2) is 24.3 Å². The lowest BCUT2D eigenvalue weighted by molar-refractivity contribution is 0.171. The van der Waals surface area contributed by atoms with Crippen LogP contribution in [-0.2, 0) is 13.0 Å². The molecule has 0 spiro atoms. The van der Waals surface area contributed by atoms with E-state index in [9.17, 15) is 5.11 Å². The minimum absolute atomic E-state index is 0.291. The summed E-state index contributed by atoms with van der Waals surface area (Å²) in [7, 11) is 0. The average molecular weight is 264 g/mol. The molecule has 0 radical (unpaired) electrons. The normalized spacial score (nSPS) is 13.1. The lowest BCUT2D eigenvalue weighted by Crippen LogP contribution is -2.12. The molecule has 0 aliphatic heterocycles. The van der Waals surface area contributed by atoms with Crippen molar-refractivity contribution < 1.29 is 5.11 Å². The highest BCUT2D eigenvalue weighted by molar-refractivity contribution is 7.98. The predicted molar refractivity (Wildman–Crippen MR) is 78.1 cm³/mol. The number of thioether (sulfide) groups is 1. The number of fused-ring (bicyclic) bond motifs is 1. The molecule has 2 aromatic rings. The SMILES string of the molecule is CCn1nc(CC(O)CCSC)c2ccccc21. The Morgan fingerprint density at radius 3 is 2.89 bits per heavy atom. The maximum Gasteiger partial charge on any atom is 0.0729 e. The summed E-state index contributed by atoms with van der Waals surface area (Å²) >= 11 is 1.77. The standard InChI is InChI=1S/C14H20N2OS/c1-3-16-14-7-5-4-6-12(14)13(15-16)10-11(17)8-9-18-2/h4-7,11,17H,3,8-10H2,1-2H3. The first-order valence-electron chi connectivity index (χ1n) is 6.37. The molecule has 1 aromatic carbocycles. The minimum Gasteiger partial charge on any atom is -0.393 e. The van der Waals surface area contributed by atoms with Gasteiger partial charge in [-0.15, -0.1) is 0 Å². The van der Waals surface area contributed by atoms with E-state index >= 15 is 0 Å². The quantitative estimate of drug-likeness (QED) is 0.872. The second-order valence-corrected chi connectivity index (χ2v) is 5.40. The van der Waals surface area contributed by atoms with Gasteiger partial charge in [0.15, 0.2) is 0 Å². The maximum atomic E-state index is 10.0. The van der Waals surface area contributed by atoms with Gasteiger partial charge in [0.2, 0.25) is 0 Å². The van der Waals surface area contributed by atoms with E-state index in [0.717, 1.165) is 29.9 Å². The molecule has 3 nitrogen and oxygen atoms in total. The van der Waals surface area contributed by atoms with Gasteiger partial charge in [-0.2, -0.15) is 16.9 Å². The molecule has 0 aliphatic carbocycles. The molecule has 1 N–H and O–H groups in total. The van der Waals surface area contributed by atoms with E-state index in [1.165, 1.54) is 5.39 Å². The van der Waals surface area contributed by atoms with Crippen molar-refractivity contribution in [1.29, 1.82) is 0 Å². The van der Waals surface area contributed by atoms with Gasteiger partial charge in [0.05, 0.1) is 17.3 Å². The summed E-state index contributed by atoms with van der Waals surface area (Å²) in [5, 5.41) is 15.8. The van der Waals surface area contributed by atoms with Crippen molar-refractivity contribution in [2.24, 2.45) is 0 Å². The molecular weight excluding hydrogens is 244 g/mol. The van der Waals surface area contributed by atoms with Crippen molar-refractivity contribution in [1.82, 2.24) is 9.78 Å². The second kappa shape index (κ2) is 6.25. The number of hydrogen-bond acceptors (Lipinski definition) is 3. The number of aliphatic hydroxyl groups excluding tert-OH is 1. The monoisotopic (exact) mass is 264 g/mol. The molecule has 0 fully saturated rings. The van der Waals surface area contributed by atoms with Crippen LogP contribution < -0.4 is 0 Å². The van der Waals surface area contributed by atoms with Gasteiger partial charge in [-0.3, -0.25) is 4.68 Å². The molecule has 2 rings (SSSR count). The van der Waals surface area contributed by atoms with Crippen molar-refractivity contribution in [2.45, 2.75) is 32.4 Å². The second-order valence-electron chi connectivity index (χ2n) is 4.42. The molecule has 4 heteroatoms. The van der Waals surface area contributed by atoms with Crippen LogP contribution in [0.3, 0.4) is 0 Å². The van der Waals surface area contributed by atoms with E-state index in [2.05, 4.69) is 30.4 Å². The summed E-state index contributed by atoms with van der Waals surface area (Å²) in [5.74, 6) is 0.994. The van der Waals surface area contributed by atoms with Gasteiger partial charge in [0, 0.05) is 18.4 Å². The van der Waals surface area contributed by atoms with Gasteiger partial charge in [0.1, 0.15) is 0 Å². The number of benzene rings is 1. The van der Waals surface area contributed by atoms with Gasteiger partial charge in [0.25, 0.3) is 0 Å². The fourth-order valence-corrected chi connectivity index (χ4v) is 2.67. The largest absolute Gasteiger partial charge is 0.393 e. The molecule has 98 valence electrons. The van der Waals surface area contributed by atoms with Crippen molar-refractivity contribution >= 4 is 22.7 Å². The Hall–Kier alpha value is -1.00. The van der Waals surface area contributed by atoms with Crippen LogP contribution in [-0.4, -0.2) is 33.0 Å². The zero-order chi connectivity index (χ0) is 13.0. The third-order valence-corrected chi connectivity index (χ3v) is 3.76. The van der Waals surface area contributed by atoms with Crippen LogP contribution in [0.5, 0.6) is 0 Å². The van der Waals surface area contributed by atoms with Crippen LogP contribution in [0.25, 0.3) is 10.9 Å². The molecule has 18 heavy (non-hydrogen) atoms. The fourth-order valence-electron chi connectivity index (χ4n) is 2.17. The number of nitrogens with zero attached hydrogens (tertiary/aromatic N) is 2. The first-order chi connectivity index (χ1) is 8.76. The number of hydrogen-bond donors (Lipinski definition) is 1. The number of rotatable bonds is 6. The predicted octanol–water partition coefficient (Wildman–Crippen LogP) is 2.71. The number of aliphatic hydroxyl groups is 1. The first-order valence-corrected chi connectivity index (χ1v) is 7.77. The Labute approximate surface area is 112 Å². The van der Waals surface area contributed by atoms with Crippen LogP contribution in [0, 0.1) is 0 Å². The molecule has 1 aromatic heterocycles. The van der Waals surface area contributed by atoms with Gasteiger partial charge in [-0.1, -0.05) is 18.2 Å². The molecule has 0 saturated heterocycles. The molecule has 0 bridgehead atoms. The summed E-state index contributed by atoms with van der Waals surface area (Å²) in [6.45, 7) is 2.95. The fraction of sp³-hybridized carbons (Fsp3) is 0.500. The van der Waals surface area contributed by atoms with E-state index in [1.54, 1.807) is 11.8 Å². The van der Waals surface area contributed by atoms with E-state index in [4.69, 9.17) is 0 Å². The molecule has 0 amide bonds. The number of para-hydroxylation sites is 1. The Bertz CT molecular complexity index is 509. The van der Waals surface area contributed by atoms with Gasteiger partial charge < -0.3 is 5.11 Å². The Kier molecular flexibility index (Phi) is 4.66. The van der Waals surface area contributed by atoms with Crippen LogP contribution in [0.1, 0.15) is 19.0 Å². The molecule has 1 heterocycles. The zero-order valence-corrected chi connectivity index (χ0v) is 11.8. The molecule has 0 saturated carbocycles. The van der Waals surface area contributed by atoms with Gasteiger partial charge in [-0.25, -0.2) is 0 Å². The third-order valence-electron chi connectivity index (χ3n) is 3.12. The lowest BCUT2D eigenvalue weighted by atomic mass is 10.1. The topological polar surface area (TPSA) is 38.0 Å². The number of aryl methyl sites for hydroxylation is 1. The van der Waals surface area contributed by atoms with E-state index < -0.39 is 0 Å². The van der Waals surface area contributed by atoms with E-state index in [1.807, 2.05) is 16.8 Å². The average Bonchev–Trinajstić information content (AvgIpc) is 2.75. The highest BCUT2D eigenvalue weighted by Crippen LogP contribution is 2.20. The summed E-state index contributed by atoms with van der Waals surface area (Å²) < 4.78 is 2.01. The van der Waals surface area contributed by atoms with Crippen molar-refractivity contribution in [3.8, 4) is 0 Å². The zero-order valence-electron chi connectivity index (χ0n) is 11.0. The molecule has 1 atom stereocenters. The Balaban J connectivity index is 2.22. The van der Waals surface area contributed by atoms with Crippen molar-refractivity contribution in [3.05, 3.63) is 30.0 Å². The summed E-state index contributed by atoms with van der Waals surface area (Å²) in [4.78, 5) is 0. The van der Waals surface area contributed by atoms with E-state index in [0.29, 0.717) is 6.42 Å². The first kappa shape index (κ1) is 13.4. The highest BCUT2D eigenvalue weighted by atomic mass is 32.2. The van der Waals surface area contributed by atoms with Gasteiger partial charge >= 0.3 is 0 Å². The summed E-state index contributed by atoms with van der Waals surface area (Å²) in [6.07, 6.45) is 3.25. The van der Waals surface area contributed by atoms with Crippen molar-refractivity contribution in [2.75, 3.05) is 12.0 Å². The summed E-state index contributed by atoms with van der Waals surface area (Å²) in [6, 6.07) is 8.24. The Morgan fingerprint density at radius 1 is 1.39 bits per heavy atom. The molecular formula is C14H20N2OS. The van der Waals surface area contributed by atoms with Crippen molar-refractivity contribution in [3.63, 3.8) is 0 Å². The van der Waals surface area contributed by atoms with E-state index in [-0.39, 0.29) is 6.10 Å². The third kappa shape index (κ3) is 2.87. The van der Waals surface area contributed by atoms with Crippen LogP contribution >= 0.6 is 11.8 Å². The summed E-state index contributed by atoms with van der Waals surface area (Å²) in [5.41, 5.74) is 2.17. The smallest absolute Gasteiger partial charge is 0.0729 e. The van der Waals surface area contributed by atoms with Crippen LogP contribution in [0.2, 0.25) is 0 Å². The minimum atomic E-state index is -0.291. The highest BCUT2D eigenvalue weighted by Gasteiger charge is 2.13. The Morgan fingerprint density at radius 2 is 2.17 bits per heavy atom. The molecule has 1 unspecified atom stereocenters. The maximum absolute atomic E-state index is 10.0.